The van der Waals surface area contributed by atoms with Crippen molar-refractivity contribution in [1.29, 1.82) is 0 Å². The van der Waals surface area contributed by atoms with E-state index in [0.29, 0.717) is 22.4 Å². The Morgan fingerprint density at radius 2 is 1.88 bits per heavy atom. The number of nitrogens with zero attached hydrogens (tertiary/aromatic N) is 6. The molecule has 128 valence electrons. The second kappa shape index (κ2) is 6.20. The molecule has 0 spiro atoms. The summed E-state index contributed by atoms with van der Waals surface area (Å²) in [5, 5.41) is 19.3. The Balaban J connectivity index is 1.79. The van der Waals surface area contributed by atoms with Gasteiger partial charge in [-0.1, -0.05) is 47.7 Å². The molecule has 0 saturated carbocycles. The maximum absolute atomic E-state index is 10.9. The van der Waals surface area contributed by atoms with Crippen molar-refractivity contribution in [3.05, 3.63) is 70.3 Å². The summed E-state index contributed by atoms with van der Waals surface area (Å²) in [7, 11) is 0. The second-order valence-electron chi connectivity index (χ2n) is 5.64. The topological polar surface area (TPSA) is 126 Å². The maximum Gasteiger partial charge on any atom is 0.269 e. The van der Waals surface area contributed by atoms with E-state index < -0.39 is 4.92 Å². The minimum absolute atomic E-state index is 0.0195. The van der Waals surface area contributed by atoms with Crippen LogP contribution in [0.5, 0.6) is 0 Å². The van der Waals surface area contributed by atoms with Crippen molar-refractivity contribution < 1.29 is 4.92 Å². The number of nitro benzene ring substituents is 1. The van der Waals surface area contributed by atoms with E-state index >= 15 is 0 Å². The second-order valence-corrected chi connectivity index (χ2v) is 5.64. The van der Waals surface area contributed by atoms with Crippen LogP contribution in [0.25, 0.3) is 22.4 Å². The van der Waals surface area contributed by atoms with Crippen LogP contribution >= 0.6 is 0 Å². The highest BCUT2D eigenvalue weighted by molar-refractivity contribution is 5.87. The van der Waals surface area contributed by atoms with E-state index in [1.807, 2.05) is 30.3 Å². The van der Waals surface area contributed by atoms with Crippen LogP contribution in [0.4, 0.5) is 11.6 Å². The standard InChI is InChI=1S/C17H13N7O2/c18-17-19-14(12-6-2-1-3-7-12)15-16(20-17)23(22-21-15)10-11-5-4-8-13(9-11)24(25)26/h1-9H,10H2,(H2,18,19,20). The smallest absolute Gasteiger partial charge is 0.269 e. The van der Waals surface area contributed by atoms with Crippen molar-refractivity contribution in [2.45, 2.75) is 6.54 Å². The van der Waals surface area contributed by atoms with Gasteiger partial charge in [-0.3, -0.25) is 10.1 Å². The molecule has 2 aromatic carbocycles. The van der Waals surface area contributed by atoms with Crippen molar-refractivity contribution in [3.8, 4) is 11.3 Å². The first-order valence-corrected chi connectivity index (χ1v) is 7.77. The Kier molecular flexibility index (Phi) is 3.73. The summed E-state index contributed by atoms with van der Waals surface area (Å²) in [6, 6.07) is 15.9. The predicted molar refractivity (Wildman–Crippen MR) is 95.2 cm³/mol. The van der Waals surface area contributed by atoms with Gasteiger partial charge in [-0.2, -0.15) is 4.98 Å². The van der Waals surface area contributed by atoms with Gasteiger partial charge in [0.25, 0.3) is 5.69 Å². The molecule has 0 unspecified atom stereocenters. The van der Waals surface area contributed by atoms with Gasteiger partial charge in [0.05, 0.1) is 11.5 Å². The molecular weight excluding hydrogens is 334 g/mol. The lowest BCUT2D eigenvalue weighted by molar-refractivity contribution is -0.384. The average molecular weight is 347 g/mol. The zero-order valence-corrected chi connectivity index (χ0v) is 13.5. The van der Waals surface area contributed by atoms with Crippen molar-refractivity contribution in [2.75, 3.05) is 5.73 Å². The first-order chi connectivity index (χ1) is 12.6. The number of nitrogens with two attached hydrogens (primary N) is 1. The summed E-state index contributed by atoms with van der Waals surface area (Å²) < 4.78 is 1.55. The number of benzene rings is 2. The van der Waals surface area contributed by atoms with Crippen LogP contribution in [-0.2, 0) is 6.54 Å². The van der Waals surface area contributed by atoms with E-state index in [-0.39, 0.29) is 18.2 Å². The van der Waals surface area contributed by atoms with Crippen LogP contribution in [0, 0.1) is 10.1 Å². The molecule has 4 rings (SSSR count). The summed E-state index contributed by atoms with van der Waals surface area (Å²) in [6.45, 7) is 0.281. The molecule has 9 nitrogen and oxygen atoms in total. The molecule has 9 heteroatoms. The largest absolute Gasteiger partial charge is 0.368 e. The lowest BCUT2D eigenvalue weighted by Gasteiger charge is -2.05. The maximum atomic E-state index is 10.9. The Hall–Kier alpha value is -3.88. The van der Waals surface area contributed by atoms with Crippen molar-refractivity contribution in [3.63, 3.8) is 0 Å². The monoisotopic (exact) mass is 347 g/mol. The molecule has 0 saturated heterocycles. The summed E-state index contributed by atoms with van der Waals surface area (Å²) in [6.07, 6.45) is 0. The number of fused-ring (bicyclic) bond motifs is 1. The molecule has 0 aliphatic rings. The molecule has 26 heavy (non-hydrogen) atoms. The number of hydrogen-bond acceptors (Lipinski definition) is 7. The zero-order valence-electron chi connectivity index (χ0n) is 13.5. The minimum Gasteiger partial charge on any atom is -0.368 e. The van der Waals surface area contributed by atoms with E-state index in [9.17, 15) is 10.1 Å². The molecule has 0 aliphatic carbocycles. The van der Waals surface area contributed by atoms with Gasteiger partial charge < -0.3 is 5.73 Å². The molecule has 0 bridgehead atoms. The van der Waals surface area contributed by atoms with Gasteiger partial charge >= 0.3 is 0 Å². The highest BCUT2D eigenvalue weighted by Crippen LogP contribution is 2.25. The van der Waals surface area contributed by atoms with Crippen LogP contribution in [0.15, 0.2) is 54.6 Å². The third-order valence-corrected chi connectivity index (χ3v) is 3.88. The fraction of sp³-hybridized carbons (Fsp3) is 0.0588. The Bertz CT molecular complexity index is 1110. The third-order valence-electron chi connectivity index (χ3n) is 3.88. The number of anilines is 1. The van der Waals surface area contributed by atoms with Gasteiger partial charge in [-0.15, -0.1) is 5.10 Å². The van der Waals surface area contributed by atoms with Gasteiger partial charge in [0, 0.05) is 17.7 Å². The fourth-order valence-electron chi connectivity index (χ4n) is 2.72. The molecule has 0 amide bonds. The summed E-state index contributed by atoms with van der Waals surface area (Å²) in [4.78, 5) is 19.1. The minimum atomic E-state index is -0.434. The van der Waals surface area contributed by atoms with Gasteiger partial charge in [-0.25, -0.2) is 9.67 Å². The summed E-state index contributed by atoms with van der Waals surface area (Å²) in [5.74, 6) is 0.110. The van der Waals surface area contributed by atoms with E-state index in [0.717, 1.165) is 5.56 Å². The molecule has 2 heterocycles. The first-order valence-electron chi connectivity index (χ1n) is 7.77. The number of nitro groups is 1. The van der Waals surface area contributed by atoms with Crippen LogP contribution in [0.1, 0.15) is 5.56 Å². The van der Waals surface area contributed by atoms with Crippen LogP contribution in [-0.4, -0.2) is 29.9 Å². The SMILES string of the molecule is Nc1nc(-c2ccccc2)c2nnn(Cc3cccc([N+](=O)[O-])c3)c2n1. The van der Waals surface area contributed by atoms with Crippen LogP contribution in [0.3, 0.4) is 0 Å². The number of non-ortho nitro benzene ring substituents is 1. The summed E-state index contributed by atoms with van der Waals surface area (Å²) >= 11 is 0. The quantitative estimate of drug-likeness (QED) is 0.444. The summed E-state index contributed by atoms with van der Waals surface area (Å²) in [5.41, 5.74) is 9.05. The van der Waals surface area contributed by atoms with E-state index in [1.165, 1.54) is 12.1 Å². The van der Waals surface area contributed by atoms with Gasteiger partial charge in [0.2, 0.25) is 5.95 Å². The highest BCUT2D eigenvalue weighted by Gasteiger charge is 2.16. The molecule has 0 atom stereocenters. The molecule has 2 N–H and O–H groups in total. The predicted octanol–water partition coefficient (Wildman–Crippen LogP) is 2.43. The average Bonchev–Trinajstić information content (AvgIpc) is 3.04. The number of aromatic nitrogens is 5. The molecular formula is C17H13N7O2. The Morgan fingerprint density at radius 1 is 1.08 bits per heavy atom. The zero-order chi connectivity index (χ0) is 18.1. The van der Waals surface area contributed by atoms with E-state index in [2.05, 4.69) is 20.3 Å². The van der Waals surface area contributed by atoms with Crippen molar-refractivity contribution >= 4 is 22.8 Å². The molecule has 2 aromatic heterocycles. The molecule has 4 aromatic rings. The highest BCUT2D eigenvalue weighted by atomic mass is 16.6. The number of hydrogen-bond donors (Lipinski definition) is 1. The van der Waals surface area contributed by atoms with Gasteiger partial charge in [-0.05, 0) is 5.56 Å². The lowest BCUT2D eigenvalue weighted by Crippen LogP contribution is -2.05. The van der Waals surface area contributed by atoms with E-state index in [4.69, 9.17) is 5.73 Å². The molecule has 0 radical (unpaired) electrons. The number of rotatable bonds is 4. The molecule has 0 aliphatic heterocycles. The van der Waals surface area contributed by atoms with E-state index in [1.54, 1.807) is 16.8 Å². The Labute approximate surface area is 147 Å². The van der Waals surface area contributed by atoms with Gasteiger partial charge in [0.15, 0.2) is 11.2 Å². The first kappa shape index (κ1) is 15.6. The lowest BCUT2D eigenvalue weighted by atomic mass is 10.1. The fourth-order valence-corrected chi connectivity index (χ4v) is 2.72. The van der Waals surface area contributed by atoms with Crippen LogP contribution in [0.2, 0.25) is 0 Å². The van der Waals surface area contributed by atoms with Crippen LogP contribution < -0.4 is 5.73 Å². The third kappa shape index (κ3) is 2.81. The van der Waals surface area contributed by atoms with Crippen molar-refractivity contribution in [1.82, 2.24) is 25.0 Å². The Morgan fingerprint density at radius 3 is 2.65 bits per heavy atom. The molecule has 0 fully saturated rings. The normalized spacial score (nSPS) is 10.9. The van der Waals surface area contributed by atoms with Crippen molar-refractivity contribution in [2.24, 2.45) is 0 Å². The van der Waals surface area contributed by atoms with Gasteiger partial charge in [0.1, 0.15) is 5.69 Å². The number of nitrogen functional groups attached to an aromatic ring is 1.